The number of rotatable bonds is 5. The van der Waals surface area contributed by atoms with Crippen LogP contribution in [0.2, 0.25) is 0 Å². The van der Waals surface area contributed by atoms with E-state index < -0.39 is 5.91 Å². The predicted molar refractivity (Wildman–Crippen MR) is 70.6 cm³/mol. The van der Waals surface area contributed by atoms with Gasteiger partial charge in [-0.2, -0.15) is 0 Å². The molecule has 1 aliphatic rings. The molecule has 1 aromatic carbocycles. The first-order valence-electron chi connectivity index (χ1n) is 6.22. The van der Waals surface area contributed by atoms with Crippen LogP contribution in [-0.4, -0.2) is 31.6 Å². The number of carbonyl (C=O) groups excluding carboxylic acids is 1. The molecule has 1 unspecified atom stereocenters. The summed E-state index contributed by atoms with van der Waals surface area (Å²) in [6.07, 6.45) is 2.39. The second-order valence-corrected chi connectivity index (χ2v) is 4.47. The zero-order valence-electron chi connectivity index (χ0n) is 10.3. The van der Waals surface area contributed by atoms with E-state index in [0.717, 1.165) is 18.8 Å². The van der Waals surface area contributed by atoms with Crippen LogP contribution in [0.5, 0.6) is 5.75 Å². The Morgan fingerprint density at radius 3 is 2.83 bits per heavy atom. The maximum absolute atomic E-state index is 10.6. The standard InChI is InChI=1S/C13H19N3O2/c14-13(17)9-18-12-5-3-10(4-6-12)16-11-2-1-7-15-8-11/h3-6,11,15-16H,1-2,7-9H2,(H2,14,17). The van der Waals surface area contributed by atoms with Gasteiger partial charge in [0.2, 0.25) is 0 Å². The Morgan fingerprint density at radius 1 is 1.44 bits per heavy atom. The van der Waals surface area contributed by atoms with E-state index >= 15 is 0 Å². The molecule has 0 spiro atoms. The summed E-state index contributed by atoms with van der Waals surface area (Å²) in [5, 5.41) is 6.82. The number of hydrogen-bond acceptors (Lipinski definition) is 4. The number of nitrogens with one attached hydrogen (secondary N) is 2. The fraction of sp³-hybridized carbons (Fsp3) is 0.462. The molecule has 2 rings (SSSR count). The molecule has 1 aliphatic heterocycles. The molecule has 1 aromatic rings. The van der Waals surface area contributed by atoms with Crippen LogP contribution in [0.25, 0.3) is 0 Å². The highest BCUT2D eigenvalue weighted by Crippen LogP contribution is 2.17. The molecule has 5 heteroatoms. The van der Waals surface area contributed by atoms with E-state index in [1.54, 1.807) is 0 Å². The largest absolute Gasteiger partial charge is 0.484 e. The number of carbonyl (C=O) groups is 1. The van der Waals surface area contributed by atoms with Gasteiger partial charge in [0.15, 0.2) is 6.61 Å². The van der Waals surface area contributed by atoms with E-state index in [9.17, 15) is 4.79 Å². The molecule has 0 radical (unpaired) electrons. The molecule has 5 nitrogen and oxygen atoms in total. The molecule has 1 atom stereocenters. The van der Waals surface area contributed by atoms with Crippen LogP contribution in [0, 0.1) is 0 Å². The van der Waals surface area contributed by atoms with Gasteiger partial charge in [0.05, 0.1) is 0 Å². The molecule has 0 saturated carbocycles. The van der Waals surface area contributed by atoms with Crippen LogP contribution < -0.4 is 21.1 Å². The van der Waals surface area contributed by atoms with Crippen molar-refractivity contribution >= 4 is 11.6 Å². The number of primary amides is 1. The summed E-state index contributed by atoms with van der Waals surface area (Å²) in [6, 6.07) is 8.05. The van der Waals surface area contributed by atoms with Gasteiger partial charge in [0.1, 0.15) is 5.75 Å². The highest BCUT2D eigenvalue weighted by atomic mass is 16.5. The summed E-state index contributed by atoms with van der Waals surface area (Å²) in [5.74, 6) is 0.187. The Kier molecular flexibility index (Phi) is 4.41. The molecule has 0 aliphatic carbocycles. The van der Waals surface area contributed by atoms with Crippen molar-refractivity contribution in [2.45, 2.75) is 18.9 Å². The van der Waals surface area contributed by atoms with Crippen LogP contribution >= 0.6 is 0 Å². The van der Waals surface area contributed by atoms with Crippen LogP contribution in [-0.2, 0) is 4.79 Å². The van der Waals surface area contributed by atoms with E-state index in [0.29, 0.717) is 11.8 Å². The number of nitrogens with two attached hydrogens (primary N) is 1. The first-order valence-corrected chi connectivity index (χ1v) is 6.22. The van der Waals surface area contributed by atoms with Gasteiger partial charge in [-0.3, -0.25) is 4.79 Å². The quantitative estimate of drug-likeness (QED) is 0.718. The van der Waals surface area contributed by atoms with Gasteiger partial charge < -0.3 is 21.1 Å². The number of piperidine rings is 1. The average Bonchev–Trinajstić information content (AvgIpc) is 2.39. The van der Waals surface area contributed by atoms with Gasteiger partial charge in [-0.05, 0) is 43.7 Å². The third kappa shape index (κ3) is 3.92. The zero-order chi connectivity index (χ0) is 12.8. The van der Waals surface area contributed by atoms with Crippen molar-refractivity contribution in [1.82, 2.24) is 5.32 Å². The van der Waals surface area contributed by atoms with Crippen molar-refractivity contribution < 1.29 is 9.53 Å². The number of amides is 1. The smallest absolute Gasteiger partial charge is 0.255 e. The van der Waals surface area contributed by atoms with E-state index in [1.807, 2.05) is 24.3 Å². The van der Waals surface area contributed by atoms with Crippen molar-refractivity contribution in [2.24, 2.45) is 5.73 Å². The summed E-state index contributed by atoms with van der Waals surface area (Å²) in [6.45, 7) is 2.03. The summed E-state index contributed by atoms with van der Waals surface area (Å²) in [4.78, 5) is 10.6. The van der Waals surface area contributed by atoms with Crippen LogP contribution in [0.1, 0.15) is 12.8 Å². The van der Waals surface area contributed by atoms with Gasteiger partial charge >= 0.3 is 0 Å². The minimum absolute atomic E-state index is 0.0840. The average molecular weight is 249 g/mol. The van der Waals surface area contributed by atoms with Crippen molar-refractivity contribution in [3.8, 4) is 5.75 Å². The molecule has 0 aromatic heterocycles. The summed E-state index contributed by atoms with van der Waals surface area (Å²) in [7, 11) is 0. The zero-order valence-corrected chi connectivity index (χ0v) is 10.3. The molecule has 0 bridgehead atoms. The monoisotopic (exact) mass is 249 g/mol. The van der Waals surface area contributed by atoms with E-state index in [-0.39, 0.29) is 6.61 Å². The van der Waals surface area contributed by atoms with Gasteiger partial charge in [0.25, 0.3) is 5.91 Å². The Morgan fingerprint density at radius 2 is 2.22 bits per heavy atom. The summed E-state index contributed by atoms with van der Waals surface area (Å²) < 4.78 is 5.20. The van der Waals surface area contributed by atoms with Crippen molar-refractivity contribution in [3.05, 3.63) is 24.3 Å². The van der Waals surface area contributed by atoms with Crippen LogP contribution in [0.15, 0.2) is 24.3 Å². The molecule has 1 amide bonds. The lowest BCUT2D eigenvalue weighted by Crippen LogP contribution is -2.38. The first-order chi connectivity index (χ1) is 8.74. The maximum atomic E-state index is 10.6. The number of benzene rings is 1. The minimum Gasteiger partial charge on any atom is -0.484 e. The second kappa shape index (κ2) is 6.26. The lowest BCUT2D eigenvalue weighted by molar-refractivity contribution is -0.119. The van der Waals surface area contributed by atoms with Crippen molar-refractivity contribution in [1.29, 1.82) is 0 Å². The normalized spacial score (nSPS) is 19.2. The third-order valence-corrected chi connectivity index (χ3v) is 2.90. The van der Waals surface area contributed by atoms with Crippen molar-refractivity contribution in [3.63, 3.8) is 0 Å². The molecular formula is C13H19N3O2. The minimum atomic E-state index is -0.467. The molecule has 18 heavy (non-hydrogen) atoms. The fourth-order valence-electron chi connectivity index (χ4n) is 2.01. The van der Waals surface area contributed by atoms with E-state index in [4.69, 9.17) is 10.5 Å². The summed E-state index contributed by atoms with van der Waals surface area (Å²) >= 11 is 0. The second-order valence-electron chi connectivity index (χ2n) is 4.47. The number of anilines is 1. The highest BCUT2D eigenvalue weighted by Gasteiger charge is 2.12. The lowest BCUT2D eigenvalue weighted by atomic mass is 10.1. The number of ether oxygens (including phenoxy) is 1. The topological polar surface area (TPSA) is 76.4 Å². The lowest BCUT2D eigenvalue weighted by Gasteiger charge is -2.24. The number of hydrogen-bond donors (Lipinski definition) is 3. The molecule has 1 fully saturated rings. The van der Waals surface area contributed by atoms with Gasteiger partial charge in [0, 0.05) is 18.3 Å². The third-order valence-electron chi connectivity index (χ3n) is 2.90. The molecule has 1 saturated heterocycles. The molecular weight excluding hydrogens is 230 g/mol. The molecule has 98 valence electrons. The first kappa shape index (κ1) is 12.7. The Bertz CT molecular complexity index is 386. The van der Waals surface area contributed by atoms with Crippen LogP contribution in [0.4, 0.5) is 5.69 Å². The van der Waals surface area contributed by atoms with E-state index in [1.165, 1.54) is 12.8 Å². The maximum Gasteiger partial charge on any atom is 0.255 e. The Labute approximate surface area is 107 Å². The van der Waals surface area contributed by atoms with E-state index in [2.05, 4.69) is 10.6 Å². The van der Waals surface area contributed by atoms with Gasteiger partial charge in [-0.25, -0.2) is 0 Å². The summed E-state index contributed by atoms with van der Waals surface area (Å²) in [5.41, 5.74) is 6.08. The highest BCUT2D eigenvalue weighted by molar-refractivity contribution is 5.75. The fourth-order valence-corrected chi connectivity index (χ4v) is 2.01. The van der Waals surface area contributed by atoms with Gasteiger partial charge in [-0.15, -0.1) is 0 Å². The van der Waals surface area contributed by atoms with Crippen molar-refractivity contribution in [2.75, 3.05) is 25.0 Å². The van der Waals surface area contributed by atoms with Gasteiger partial charge in [-0.1, -0.05) is 0 Å². The molecule has 4 N–H and O–H groups in total. The molecule has 1 heterocycles. The SMILES string of the molecule is NC(=O)COc1ccc(NC2CCCNC2)cc1. The Balaban J connectivity index is 1.84. The Hall–Kier alpha value is -1.75. The predicted octanol–water partition coefficient (Wildman–Crippen LogP) is 0.715. The van der Waals surface area contributed by atoms with Crippen LogP contribution in [0.3, 0.4) is 0 Å².